The third kappa shape index (κ3) is 15.9. The molecule has 2 aliphatic carbocycles. The maximum atomic E-state index is 14.4. The van der Waals surface area contributed by atoms with Crippen molar-refractivity contribution in [1.82, 2.24) is 19.4 Å². The lowest BCUT2D eigenvalue weighted by Crippen LogP contribution is -2.51. The fraction of sp³-hybridized carbons (Fsp3) is 0.500. The zero-order valence-electron chi connectivity index (χ0n) is 45.1. The highest BCUT2D eigenvalue weighted by Crippen LogP contribution is 2.43. The normalized spacial score (nSPS) is 20.1. The van der Waals surface area contributed by atoms with Gasteiger partial charge in [0.2, 0.25) is 5.91 Å². The van der Waals surface area contributed by atoms with Crippen LogP contribution in [0.3, 0.4) is 0 Å². The monoisotopic (exact) mass is 1170 g/mol. The van der Waals surface area contributed by atoms with Gasteiger partial charge in [0, 0.05) is 111 Å². The molecule has 1 unspecified atom stereocenters. The van der Waals surface area contributed by atoms with E-state index >= 15 is 0 Å². The Hall–Kier alpha value is -5.12. The highest BCUT2D eigenvalue weighted by molar-refractivity contribution is 7.99. The van der Waals surface area contributed by atoms with Crippen LogP contribution in [0.5, 0.6) is 0 Å². The lowest BCUT2D eigenvalue weighted by molar-refractivity contribution is -0.144. The number of carbonyl (C=O) groups excluding carboxylic acids is 3. The number of hydrogen-bond acceptors (Lipinski definition) is 13. The summed E-state index contributed by atoms with van der Waals surface area (Å²) in [5.74, 6) is -0.745. The predicted octanol–water partition coefficient (Wildman–Crippen LogP) is 10.4. The van der Waals surface area contributed by atoms with Crippen LogP contribution in [0.15, 0.2) is 117 Å². The maximum absolute atomic E-state index is 14.4. The summed E-state index contributed by atoms with van der Waals surface area (Å²) in [5, 5.41) is 3.73. The minimum Gasteiger partial charge on any atom is -0.466 e. The van der Waals surface area contributed by atoms with E-state index in [0.29, 0.717) is 81.9 Å². The van der Waals surface area contributed by atoms with E-state index in [-0.39, 0.29) is 34.7 Å². The molecule has 1 saturated carbocycles. The minimum atomic E-state index is -6.13. The highest BCUT2D eigenvalue weighted by Gasteiger charge is 2.49. The fourth-order valence-electron chi connectivity index (χ4n) is 11.2. The van der Waals surface area contributed by atoms with E-state index in [4.69, 9.17) is 16.3 Å². The topological polar surface area (TPSA) is 166 Å². The molecule has 4 aromatic carbocycles. The van der Waals surface area contributed by atoms with Crippen LogP contribution in [-0.4, -0.2) is 139 Å². The molecule has 428 valence electrons. The van der Waals surface area contributed by atoms with Crippen LogP contribution in [0, 0.1) is 17.3 Å². The summed E-state index contributed by atoms with van der Waals surface area (Å²) >= 11 is 7.63. The summed E-state index contributed by atoms with van der Waals surface area (Å²) in [4.78, 5) is 46.4. The molecule has 4 aromatic rings. The van der Waals surface area contributed by atoms with Crippen molar-refractivity contribution < 1.29 is 49.1 Å². The molecule has 1 atom stereocenters. The van der Waals surface area contributed by atoms with Crippen molar-refractivity contribution >= 4 is 78.0 Å². The van der Waals surface area contributed by atoms with Gasteiger partial charge >= 0.3 is 11.5 Å². The van der Waals surface area contributed by atoms with E-state index < -0.39 is 52.8 Å². The molecule has 8 rings (SSSR count). The van der Waals surface area contributed by atoms with Gasteiger partial charge in [-0.25, -0.2) is 21.6 Å². The van der Waals surface area contributed by atoms with Crippen LogP contribution >= 0.6 is 23.4 Å². The molecule has 21 heteroatoms. The predicted molar refractivity (Wildman–Crippen MR) is 304 cm³/mol. The first kappa shape index (κ1) is 60.0. The number of hydrogen-bond donors (Lipinski definition) is 2. The summed E-state index contributed by atoms with van der Waals surface area (Å²) in [6.45, 7) is 13.2. The van der Waals surface area contributed by atoms with E-state index in [9.17, 15) is 44.4 Å². The number of esters is 1. The molecule has 2 amide bonds. The Kier molecular flexibility index (Phi) is 19.9. The molecule has 4 aliphatic rings. The van der Waals surface area contributed by atoms with Crippen LogP contribution in [-0.2, 0) is 34.2 Å². The number of halogens is 4. The first-order chi connectivity index (χ1) is 37.6. The molecule has 2 heterocycles. The Morgan fingerprint density at radius 1 is 0.823 bits per heavy atom. The molecule has 14 nitrogen and oxygen atoms in total. The quantitative estimate of drug-likeness (QED) is 0.0635. The Morgan fingerprint density at radius 3 is 2.13 bits per heavy atom. The maximum Gasteiger partial charge on any atom is 0.501 e. The standard InChI is InChI=1S/C58H72ClF3N6O8S3/c1-4-76-54(69)36-41-10-12-44(13-11-41)56(71)68-34-28-65(29-35-68)27-25-47(40-77-49-8-6-5-7-9-49)63-52-23-22-50(37-53(52)78(72,73)58(60,61)62)79(74,75)64-55(70)43-16-20-48(21-17-43)67-32-30-66(31-33-67)39-45-38-57(2,3)26-24-51(45)42-14-18-46(59)19-15-42/h5-9,14-23,37,41,44,47,63H,4,10-13,24-36,38-40H2,1-3H3,(H,64,70). The smallest absolute Gasteiger partial charge is 0.466 e. The first-order valence-corrected chi connectivity index (χ1v) is 31.6. The van der Waals surface area contributed by atoms with E-state index in [1.807, 2.05) is 52.1 Å². The van der Waals surface area contributed by atoms with Crippen LogP contribution in [0.2, 0.25) is 5.02 Å². The van der Waals surface area contributed by atoms with Gasteiger partial charge < -0.3 is 19.9 Å². The second-order valence-corrected chi connectivity index (χ2v) is 27.1. The van der Waals surface area contributed by atoms with Gasteiger partial charge in [0.15, 0.2) is 0 Å². The molecule has 3 fully saturated rings. The summed E-state index contributed by atoms with van der Waals surface area (Å²) in [5.41, 5.74) is -1.18. The molecule has 0 radical (unpaired) electrons. The zero-order valence-corrected chi connectivity index (χ0v) is 48.3. The van der Waals surface area contributed by atoms with Gasteiger partial charge in [-0.05, 0) is 147 Å². The van der Waals surface area contributed by atoms with Gasteiger partial charge in [-0.15, -0.1) is 11.8 Å². The van der Waals surface area contributed by atoms with Gasteiger partial charge in [-0.2, -0.15) is 13.2 Å². The molecular formula is C58H72ClF3N6O8S3. The van der Waals surface area contributed by atoms with E-state index in [1.54, 1.807) is 19.1 Å². The average molecular weight is 1170 g/mol. The number of nitrogens with zero attached hydrogens (tertiary/aromatic N) is 4. The van der Waals surface area contributed by atoms with Crippen LogP contribution in [0.1, 0.15) is 94.5 Å². The van der Waals surface area contributed by atoms with Crippen molar-refractivity contribution in [3.63, 3.8) is 0 Å². The number of allylic oxidation sites excluding steroid dienone is 1. The Labute approximate surface area is 472 Å². The minimum absolute atomic E-state index is 0.0212. The Morgan fingerprint density at radius 2 is 1.48 bits per heavy atom. The number of carbonyl (C=O) groups is 3. The van der Waals surface area contributed by atoms with Crippen molar-refractivity contribution in [2.75, 3.05) is 88.0 Å². The van der Waals surface area contributed by atoms with E-state index in [2.05, 4.69) is 46.0 Å². The van der Waals surface area contributed by atoms with Gasteiger partial charge in [-0.3, -0.25) is 24.2 Å². The molecule has 79 heavy (non-hydrogen) atoms. The van der Waals surface area contributed by atoms with Crippen molar-refractivity contribution in [3.8, 4) is 0 Å². The van der Waals surface area contributed by atoms with Crippen molar-refractivity contribution in [2.24, 2.45) is 17.3 Å². The second kappa shape index (κ2) is 26.2. The Balaban J connectivity index is 0.894. The van der Waals surface area contributed by atoms with E-state index in [1.165, 1.54) is 40.6 Å². The molecule has 2 saturated heterocycles. The lowest BCUT2D eigenvalue weighted by Gasteiger charge is -2.39. The largest absolute Gasteiger partial charge is 0.501 e. The number of sulfonamides is 1. The number of ether oxygens (including phenoxy) is 1. The third-order valence-corrected chi connectivity index (χ3v) is 20.0. The first-order valence-electron chi connectivity index (χ1n) is 27.3. The molecule has 0 bridgehead atoms. The molecule has 0 aromatic heterocycles. The fourth-order valence-corrected chi connectivity index (χ4v) is 14.3. The van der Waals surface area contributed by atoms with Gasteiger partial charge in [0.1, 0.15) is 4.90 Å². The second-order valence-electron chi connectivity index (χ2n) is 21.9. The van der Waals surface area contributed by atoms with Crippen molar-refractivity contribution in [3.05, 3.63) is 119 Å². The summed E-state index contributed by atoms with van der Waals surface area (Å²) in [7, 11) is -11.0. The van der Waals surface area contributed by atoms with Crippen LogP contribution in [0.25, 0.3) is 5.57 Å². The number of rotatable bonds is 20. The highest BCUT2D eigenvalue weighted by atomic mass is 35.5. The number of sulfone groups is 1. The Bertz CT molecular complexity index is 3020. The number of amides is 2. The van der Waals surface area contributed by atoms with Crippen LogP contribution in [0.4, 0.5) is 24.5 Å². The number of anilines is 2. The van der Waals surface area contributed by atoms with Crippen molar-refractivity contribution in [2.45, 2.75) is 105 Å². The number of piperazine rings is 2. The van der Waals surface area contributed by atoms with Gasteiger partial charge in [0.25, 0.3) is 25.8 Å². The molecule has 2 N–H and O–H groups in total. The number of nitrogens with one attached hydrogen (secondary N) is 2. The number of thioether (sulfide) groups is 1. The average Bonchev–Trinajstić information content (AvgIpc) is 3.54. The summed E-state index contributed by atoms with van der Waals surface area (Å²) < 4.78 is 104. The number of alkyl halides is 3. The molecule has 0 spiro atoms. The van der Waals surface area contributed by atoms with Crippen molar-refractivity contribution in [1.29, 1.82) is 0 Å². The zero-order chi connectivity index (χ0) is 56.5. The summed E-state index contributed by atoms with van der Waals surface area (Å²) in [6, 6.07) is 25.6. The van der Waals surface area contributed by atoms with Crippen LogP contribution < -0.4 is 14.9 Å². The van der Waals surface area contributed by atoms with E-state index in [0.717, 1.165) is 87.5 Å². The third-order valence-electron chi connectivity index (χ3n) is 15.7. The lowest BCUT2D eigenvalue weighted by atomic mass is 9.73. The SMILES string of the molecule is CCOC(=O)CC1CCC(C(=O)N2CCN(CCC(CSc3ccccc3)Nc3ccc(S(=O)(=O)NC(=O)c4ccc(N5CCN(CC6=C(c7ccc(Cl)cc7)CCC(C)(C)C6)CC5)cc4)cc3S(=O)(=O)C(F)(F)F)CC2)CC1. The number of benzene rings is 4. The summed E-state index contributed by atoms with van der Waals surface area (Å²) in [6.07, 6.45) is 6.84. The van der Waals surface area contributed by atoms with Gasteiger partial charge in [-0.1, -0.05) is 61.4 Å². The molecular weight excluding hydrogens is 1100 g/mol. The molecule has 2 aliphatic heterocycles. The van der Waals surface area contributed by atoms with Gasteiger partial charge in [0.05, 0.1) is 17.2 Å².